The van der Waals surface area contributed by atoms with E-state index < -0.39 is 4.92 Å². The average Bonchev–Trinajstić information content (AvgIpc) is 3.39. The number of benzene rings is 1. The Hall–Kier alpha value is -2.37. The Labute approximate surface area is 199 Å². The first-order chi connectivity index (χ1) is 14.5. The minimum Gasteiger partial charge on any atom is -0.490 e. The third kappa shape index (κ3) is 7.67. The van der Waals surface area contributed by atoms with Crippen LogP contribution in [-0.4, -0.2) is 39.9 Å². The highest BCUT2D eigenvalue weighted by Gasteiger charge is 2.18. The number of nitrogens with zero attached hydrogens (tertiary/aromatic N) is 4. The van der Waals surface area contributed by atoms with Gasteiger partial charge in [-0.1, -0.05) is 12.1 Å². The van der Waals surface area contributed by atoms with Gasteiger partial charge in [-0.25, -0.2) is 4.99 Å². The van der Waals surface area contributed by atoms with E-state index >= 15 is 0 Å². The van der Waals surface area contributed by atoms with Gasteiger partial charge < -0.3 is 15.4 Å². The molecule has 1 aromatic heterocycles. The van der Waals surface area contributed by atoms with E-state index in [0.717, 1.165) is 30.7 Å². The van der Waals surface area contributed by atoms with Crippen molar-refractivity contribution < 1.29 is 9.66 Å². The normalized spacial score (nSPS) is 14.2. The van der Waals surface area contributed by atoms with Crippen molar-refractivity contribution in [3.05, 3.63) is 51.8 Å². The van der Waals surface area contributed by atoms with E-state index in [1.807, 2.05) is 6.92 Å². The first-order valence-corrected chi connectivity index (χ1v) is 10.5. The molecule has 1 aliphatic carbocycles. The van der Waals surface area contributed by atoms with Crippen molar-refractivity contribution in [3.8, 4) is 5.75 Å². The molecule has 0 unspecified atom stereocenters. The van der Waals surface area contributed by atoms with Crippen LogP contribution in [0.15, 0.2) is 35.6 Å². The summed E-state index contributed by atoms with van der Waals surface area (Å²) >= 11 is 0. The maximum atomic E-state index is 10.8. The van der Waals surface area contributed by atoms with E-state index in [9.17, 15) is 10.1 Å². The lowest BCUT2D eigenvalue weighted by Gasteiger charge is -2.17. The second-order valence-electron chi connectivity index (χ2n) is 7.48. The summed E-state index contributed by atoms with van der Waals surface area (Å²) in [6.07, 6.45) is 7.68. The van der Waals surface area contributed by atoms with Crippen molar-refractivity contribution in [3.63, 3.8) is 0 Å². The van der Waals surface area contributed by atoms with Gasteiger partial charge in [-0.15, -0.1) is 24.0 Å². The van der Waals surface area contributed by atoms with Gasteiger partial charge in [0.1, 0.15) is 18.1 Å². The number of aryl methyl sites for hydroxylation is 1. The molecule has 0 spiro atoms. The maximum Gasteiger partial charge on any atom is 0.306 e. The number of hydrogen-bond donors (Lipinski definition) is 2. The van der Waals surface area contributed by atoms with Crippen LogP contribution in [0.1, 0.15) is 43.7 Å². The van der Waals surface area contributed by atoms with Crippen molar-refractivity contribution >= 4 is 35.6 Å². The number of nitrogens with one attached hydrogen (secondary N) is 2. The van der Waals surface area contributed by atoms with Crippen LogP contribution in [0.2, 0.25) is 0 Å². The second-order valence-corrected chi connectivity index (χ2v) is 7.48. The van der Waals surface area contributed by atoms with Crippen molar-refractivity contribution in [2.75, 3.05) is 13.1 Å². The third-order valence-electron chi connectivity index (χ3n) is 5.03. The van der Waals surface area contributed by atoms with Crippen molar-refractivity contribution in [2.24, 2.45) is 4.99 Å². The van der Waals surface area contributed by atoms with E-state index in [1.165, 1.54) is 30.8 Å². The highest BCUT2D eigenvalue weighted by atomic mass is 127. The highest BCUT2D eigenvalue weighted by molar-refractivity contribution is 14.0. The van der Waals surface area contributed by atoms with Crippen LogP contribution in [0.25, 0.3) is 0 Å². The molecule has 1 saturated carbocycles. The first kappa shape index (κ1) is 24.9. The molecule has 0 aliphatic heterocycles. The summed E-state index contributed by atoms with van der Waals surface area (Å²) in [7, 11) is 0. The van der Waals surface area contributed by atoms with Gasteiger partial charge in [0.2, 0.25) is 0 Å². The van der Waals surface area contributed by atoms with Crippen molar-refractivity contribution in [2.45, 2.75) is 58.7 Å². The predicted octanol–water partition coefficient (Wildman–Crippen LogP) is 3.79. The Morgan fingerprint density at radius 1 is 1.35 bits per heavy atom. The highest BCUT2D eigenvalue weighted by Crippen LogP contribution is 2.28. The SMILES string of the molecule is CCNC(=NCc1ccc(C)cc1OC1CCCC1)NCCn1cc([N+](=O)[O-])cn1.I. The molecule has 2 aromatic rings. The van der Waals surface area contributed by atoms with Crippen molar-refractivity contribution in [1.82, 2.24) is 20.4 Å². The quantitative estimate of drug-likeness (QED) is 0.164. The van der Waals surface area contributed by atoms with E-state index in [-0.39, 0.29) is 29.7 Å². The van der Waals surface area contributed by atoms with Crippen LogP contribution < -0.4 is 15.4 Å². The molecule has 0 saturated heterocycles. The third-order valence-corrected chi connectivity index (χ3v) is 5.03. The Morgan fingerprint density at radius 2 is 2.13 bits per heavy atom. The summed E-state index contributed by atoms with van der Waals surface area (Å²) in [6.45, 7) is 6.36. The van der Waals surface area contributed by atoms with E-state index in [1.54, 1.807) is 4.68 Å². The monoisotopic (exact) mass is 542 g/mol. The summed E-state index contributed by atoms with van der Waals surface area (Å²) in [6, 6.07) is 6.25. The van der Waals surface area contributed by atoms with Gasteiger partial charge in [0.05, 0.1) is 24.1 Å². The molecule has 1 aliphatic rings. The van der Waals surface area contributed by atoms with Gasteiger partial charge in [0.25, 0.3) is 0 Å². The zero-order chi connectivity index (χ0) is 21.3. The van der Waals surface area contributed by atoms with Crippen LogP contribution in [0.5, 0.6) is 5.75 Å². The Morgan fingerprint density at radius 3 is 2.81 bits per heavy atom. The first-order valence-electron chi connectivity index (χ1n) is 10.5. The fourth-order valence-corrected chi connectivity index (χ4v) is 3.45. The molecule has 1 heterocycles. The zero-order valence-electron chi connectivity index (χ0n) is 18.0. The van der Waals surface area contributed by atoms with Crippen LogP contribution in [0.4, 0.5) is 5.69 Å². The van der Waals surface area contributed by atoms with Crippen LogP contribution in [-0.2, 0) is 13.1 Å². The molecule has 1 aromatic carbocycles. The minimum absolute atomic E-state index is 0. The van der Waals surface area contributed by atoms with Gasteiger partial charge in [0, 0.05) is 18.7 Å². The average molecular weight is 542 g/mol. The molecular formula is C21H31IN6O3. The number of aromatic nitrogens is 2. The minimum atomic E-state index is -0.449. The summed E-state index contributed by atoms with van der Waals surface area (Å²) in [4.78, 5) is 15.0. The number of hydrogen-bond acceptors (Lipinski definition) is 5. The van der Waals surface area contributed by atoms with E-state index in [4.69, 9.17) is 4.74 Å². The molecular weight excluding hydrogens is 511 g/mol. The number of aliphatic imine (C=N–C) groups is 1. The molecule has 0 amide bonds. The molecule has 170 valence electrons. The number of nitro groups is 1. The fourth-order valence-electron chi connectivity index (χ4n) is 3.45. The molecule has 9 nitrogen and oxygen atoms in total. The number of guanidine groups is 1. The summed E-state index contributed by atoms with van der Waals surface area (Å²) in [5.41, 5.74) is 2.23. The lowest BCUT2D eigenvalue weighted by atomic mass is 10.1. The number of ether oxygens (including phenoxy) is 1. The van der Waals surface area contributed by atoms with Crippen molar-refractivity contribution in [1.29, 1.82) is 0 Å². The molecule has 0 atom stereocenters. The number of halogens is 1. The zero-order valence-corrected chi connectivity index (χ0v) is 20.4. The molecule has 0 radical (unpaired) electrons. The largest absolute Gasteiger partial charge is 0.490 e. The Bertz CT molecular complexity index is 880. The number of rotatable bonds is 9. The smallest absolute Gasteiger partial charge is 0.306 e. The molecule has 10 heteroatoms. The molecule has 31 heavy (non-hydrogen) atoms. The molecule has 1 fully saturated rings. The summed E-state index contributed by atoms with van der Waals surface area (Å²) in [5, 5.41) is 21.2. The maximum absolute atomic E-state index is 10.8. The van der Waals surface area contributed by atoms with Gasteiger partial charge in [-0.2, -0.15) is 5.10 Å². The van der Waals surface area contributed by atoms with Crippen LogP contribution in [0, 0.1) is 17.0 Å². The molecule has 2 N–H and O–H groups in total. The van der Waals surface area contributed by atoms with Gasteiger partial charge in [0.15, 0.2) is 5.96 Å². The van der Waals surface area contributed by atoms with E-state index in [0.29, 0.717) is 31.7 Å². The lowest BCUT2D eigenvalue weighted by Crippen LogP contribution is -2.38. The van der Waals surface area contributed by atoms with Gasteiger partial charge in [-0.05, 0) is 51.2 Å². The predicted molar refractivity (Wildman–Crippen MR) is 131 cm³/mol. The molecule has 0 bridgehead atoms. The summed E-state index contributed by atoms with van der Waals surface area (Å²) in [5.74, 6) is 1.61. The summed E-state index contributed by atoms with van der Waals surface area (Å²) < 4.78 is 7.81. The topological polar surface area (TPSA) is 107 Å². The van der Waals surface area contributed by atoms with Gasteiger partial charge >= 0.3 is 5.69 Å². The fraction of sp³-hybridized carbons (Fsp3) is 0.524. The van der Waals surface area contributed by atoms with Crippen LogP contribution >= 0.6 is 24.0 Å². The Kier molecular flexibility index (Phi) is 10.0. The Balaban J connectivity index is 0.00000341. The standard InChI is InChI=1S/C21H30N6O3.HI/c1-3-22-21(23-10-11-26-15-18(14-25-26)27(28)29)24-13-17-9-8-16(2)12-20(17)30-19-6-4-5-7-19;/h8-9,12,14-15,19H,3-7,10-11,13H2,1-2H3,(H2,22,23,24);1H. The van der Waals surface area contributed by atoms with Crippen LogP contribution in [0.3, 0.4) is 0 Å². The second kappa shape index (κ2) is 12.5. The van der Waals surface area contributed by atoms with E-state index in [2.05, 4.69) is 45.8 Å². The molecule has 3 rings (SSSR count). The van der Waals surface area contributed by atoms with Gasteiger partial charge in [-0.3, -0.25) is 14.8 Å². The lowest BCUT2D eigenvalue weighted by molar-refractivity contribution is -0.385.